The second-order valence-corrected chi connectivity index (χ2v) is 5.88. The van der Waals surface area contributed by atoms with Crippen molar-refractivity contribution in [1.82, 2.24) is 0 Å². The van der Waals surface area contributed by atoms with Gasteiger partial charge in [0.2, 0.25) is 0 Å². The number of rotatable bonds is 4. The first-order valence-corrected chi connectivity index (χ1v) is 8.09. The van der Waals surface area contributed by atoms with Gasteiger partial charge in [-0.1, -0.05) is 18.2 Å². The van der Waals surface area contributed by atoms with Crippen LogP contribution >= 0.6 is 0 Å². The monoisotopic (exact) mass is 307 g/mol. The highest BCUT2D eigenvalue weighted by Gasteiger charge is 2.10. The predicted octanol–water partition coefficient (Wildman–Crippen LogP) is 4.28. The van der Waals surface area contributed by atoms with Crippen LogP contribution in [0.15, 0.2) is 54.6 Å². The molecule has 0 saturated carbocycles. The Kier molecular flexibility index (Phi) is 4.77. The lowest BCUT2D eigenvalue weighted by Crippen LogP contribution is -2.29. The van der Waals surface area contributed by atoms with Crippen molar-refractivity contribution in [3.05, 3.63) is 65.7 Å². The van der Waals surface area contributed by atoms with Crippen molar-refractivity contribution in [2.45, 2.75) is 19.3 Å². The first-order chi connectivity index (χ1) is 11.2. The van der Waals surface area contributed by atoms with E-state index < -0.39 is 0 Å². The topological polar surface area (TPSA) is 40.5 Å². The van der Waals surface area contributed by atoms with Crippen LogP contribution in [0.25, 0.3) is 6.08 Å². The lowest BCUT2D eigenvalue weighted by molar-refractivity contribution is 0.104. The standard InChI is InChI=1S/C20H21NO2/c22-19-11-7-17(8-12-19)20(23)13-6-16-4-9-18(10-5-16)21-14-2-1-3-15-21/h4-13,22H,1-3,14-15H2/b13-6+. The summed E-state index contributed by atoms with van der Waals surface area (Å²) in [5.41, 5.74) is 2.84. The summed E-state index contributed by atoms with van der Waals surface area (Å²) in [6.07, 6.45) is 7.26. The number of carbonyl (C=O) groups excluding carboxylic acids is 1. The summed E-state index contributed by atoms with van der Waals surface area (Å²) in [7, 11) is 0. The number of carbonyl (C=O) groups is 1. The highest BCUT2D eigenvalue weighted by atomic mass is 16.3. The van der Waals surface area contributed by atoms with E-state index in [1.807, 2.05) is 18.2 Å². The summed E-state index contributed by atoms with van der Waals surface area (Å²) < 4.78 is 0. The van der Waals surface area contributed by atoms with E-state index in [-0.39, 0.29) is 11.5 Å². The van der Waals surface area contributed by atoms with Crippen molar-refractivity contribution in [2.24, 2.45) is 0 Å². The maximum Gasteiger partial charge on any atom is 0.185 e. The van der Waals surface area contributed by atoms with E-state index in [1.165, 1.54) is 37.1 Å². The zero-order chi connectivity index (χ0) is 16.1. The average Bonchev–Trinajstić information content (AvgIpc) is 2.61. The molecule has 2 aromatic carbocycles. The van der Waals surface area contributed by atoms with E-state index >= 15 is 0 Å². The Labute approximate surface area is 136 Å². The highest BCUT2D eigenvalue weighted by Crippen LogP contribution is 2.20. The Morgan fingerprint density at radius 2 is 1.57 bits per heavy atom. The minimum Gasteiger partial charge on any atom is -0.508 e. The normalized spacial score (nSPS) is 15.0. The Morgan fingerprint density at radius 3 is 2.22 bits per heavy atom. The molecule has 3 nitrogen and oxygen atoms in total. The molecule has 2 aromatic rings. The molecule has 0 bridgehead atoms. The average molecular weight is 307 g/mol. The maximum absolute atomic E-state index is 12.1. The van der Waals surface area contributed by atoms with Gasteiger partial charge in [-0.3, -0.25) is 4.79 Å². The summed E-state index contributed by atoms with van der Waals surface area (Å²) in [6.45, 7) is 2.27. The number of phenolic OH excluding ortho intramolecular Hbond substituents is 1. The Hall–Kier alpha value is -2.55. The van der Waals surface area contributed by atoms with Gasteiger partial charge < -0.3 is 10.0 Å². The number of allylic oxidation sites excluding steroid dienone is 1. The van der Waals surface area contributed by atoms with Crippen molar-refractivity contribution >= 4 is 17.5 Å². The van der Waals surface area contributed by atoms with Crippen LogP contribution in [0.5, 0.6) is 5.75 Å². The lowest BCUT2D eigenvalue weighted by Gasteiger charge is -2.28. The van der Waals surface area contributed by atoms with Crippen LogP contribution in [-0.2, 0) is 0 Å². The lowest BCUT2D eigenvalue weighted by atomic mass is 10.1. The van der Waals surface area contributed by atoms with Gasteiger partial charge in [-0.2, -0.15) is 0 Å². The number of piperidine rings is 1. The van der Waals surface area contributed by atoms with Gasteiger partial charge in [0.25, 0.3) is 0 Å². The molecule has 0 atom stereocenters. The summed E-state index contributed by atoms with van der Waals surface area (Å²) in [6, 6.07) is 14.6. The third kappa shape index (κ3) is 4.01. The van der Waals surface area contributed by atoms with E-state index in [9.17, 15) is 9.90 Å². The Morgan fingerprint density at radius 1 is 0.913 bits per heavy atom. The molecule has 0 unspecified atom stereocenters. The van der Waals surface area contributed by atoms with Crippen molar-refractivity contribution < 1.29 is 9.90 Å². The maximum atomic E-state index is 12.1. The van der Waals surface area contributed by atoms with E-state index in [4.69, 9.17) is 0 Å². The molecule has 3 heteroatoms. The molecule has 1 fully saturated rings. The van der Waals surface area contributed by atoms with Gasteiger partial charge in [-0.05, 0) is 67.3 Å². The number of phenols is 1. The summed E-state index contributed by atoms with van der Waals surface area (Å²) >= 11 is 0. The van der Waals surface area contributed by atoms with Crippen LogP contribution in [0.4, 0.5) is 5.69 Å². The highest BCUT2D eigenvalue weighted by molar-refractivity contribution is 6.06. The molecule has 1 heterocycles. The van der Waals surface area contributed by atoms with Gasteiger partial charge in [0.1, 0.15) is 5.75 Å². The molecule has 1 aliphatic heterocycles. The number of hydrogen-bond acceptors (Lipinski definition) is 3. The van der Waals surface area contributed by atoms with Crippen molar-refractivity contribution in [3.63, 3.8) is 0 Å². The molecule has 0 amide bonds. The Bertz CT molecular complexity index is 681. The second kappa shape index (κ2) is 7.14. The van der Waals surface area contributed by atoms with Crippen molar-refractivity contribution in [3.8, 4) is 5.75 Å². The number of benzene rings is 2. The number of hydrogen-bond donors (Lipinski definition) is 1. The fourth-order valence-electron chi connectivity index (χ4n) is 2.84. The quantitative estimate of drug-likeness (QED) is 0.677. The van der Waals surface area contributed by atoms with Gasteiger partial charge in [0, 0.05) is 24.3 Å². The molecule has 0 spiro atoms. The molecule has 1 N–H and O–H groups in total. The van der Waals surface area contributed by atoms with Crippen LogP contribution in [0, 0.1) is 0 Å². The third-order valence-electron chi connectivity index (χ3n) is 4.19. The number of nitrogens with zero attached hydrogens (tertiary/aromatic N) is 1. The van der Waals surface area contributed by atoms with E-state index in [0.29, 0.717) is 5.56 Å². The zero-order valence-electron chi connectivity index (χ0n) is 13.1. The fraction of sp³-hybridized carbons (Fsp3) is 0.250. The van der Waals surface area contributed by atoms with Crippen LogP contribution in [-0.4, -0.2) is 24.0 Å². The second-order valence-electron chi connectivity index (χ2n) is 5.88. The van der Waals surface area contributed by atoms with Crippen LogP contribution in [0.2, 0.25) is 0 Å². The molecule has 1 aliphatic rings. The van der Waals surface area contributed by atoms with E-state index in [1.54, 1.807) is 18.2 Å². The number of ketones is 1. The molecule has 0 aromatic heterocycles. The first kappa shape index (κ1) is 15.3. The summed E-state index contributed by atoms with van der Waals surface area (Å²) in [5, 5.41) is 9.25. The smallest absolute Gasteiger partial charge is 0.185 e. The minimum absolute atomic E-state index is 0.0647. The zero-order valence-corrected chi connectivity index (χ0v) is 13.1. The molecule has 3 rings (SSSR count). The van der Waals surface area contributed by atoms with Gasteiger partial charge in [0.05, 0.1) is 0 Å². The summed E-state index contributed by atoms with van der Waals surface area (Å²) in [4.78, 5) is 14.5. The fourth-order valence-corrected chi connectivity index (χ4v) is 2.84. The molecule has 23 heavy (non-hydrogen) atoms. The molecular weight excluding hydrogens is 286 g/mol. The first-order valence-electron chi connectivity index (χ1n) is 8.09. The van der Waals surface area contributed by atoms with Crippen LogP contribution in [0.1, 0.15) is 35.2 Å². The minimum atomic E-state index is -0.0647. The summed E-state index contributed by atoms with van der Waals surface area (Å²) in [5.74, 6) is 0.101. The molecule has 0 radical (unpaired) electrons. The molecule has 1 saturated heterocycles. The third-order valence-corrected chi connectivity index (χ3v) is 4.19. The van der Waals surface area contributed by atoms with Gasteiger partial charge in [-0.15, -0.1) is 0 Å². The van der Waals surface area contributed by atoms with E-state index in [2.05, 4.69) is 17.0 Å². The number of anilines is 1. The number of aromatic hydroxyl groups is 1. The van der Waals surface area contributed by atoms with Gasteiger partial charge >= 0.3 is 0 Å². The van der Waals surface area contributed by atoms with Gasteiger partial charge in [-0.25, -0.2) is 0 Å². The van der Waals surface area contributed by atoms with Crippen LogP contribution < -0.4 is 4.90 Å². The van der Waals surface area contributed by atoms with Crippen molar-refractivity contribution in [1.29, 1.82) is 0 Å². The van der Waals surface area contributed by atoms with Gasteiger partial charge in [0.15, 0.2) is 5.78 Å². The molecule has 118 valence electrons. The van der Waals surface area contributed by atoms with E-state index in [0.717, 1.165) is 18.7 Å². The molecular formula is C20H21NO2. The SMILES string of the molecule is O=C(/C=C/c1ccc(N2CCCCC2)cc1)c1ccc(O)cc1. The largest absolute Gasteiger partial charge is 0.508 e. The van der Waals surface area contributed by atoms with Crippen molar-refractivity contribution in [2.75, 3.05) is 18.0 Å². The predicted molar refractivity (Wildman–Crippen MR) is 94.0 cm³/mol. The Balaban J connectivity index is 1.65. The van der Waals surface area contributed by atoms with Crippen LogP contribution in [0.3, 0.4) is 0 Å². The molecule has 0 aliphatic carbocycles.